The number of para-hydroxylation sites is 1. The summed E-state index contributed by atoms with van der Waals surface area (Å²) in [6.45, 7) is 3.50. The Labute approximate surface area is 279 Å². The third kappa shape index (κ3) is 8.38. The molecule has 1 amide bonds. The Hall–Kier alpha value is -3.45. The highest BCUT2D eigenvalue weighted by Gasteiger charge is 2.30. The molecule has 0 N–H and O–H groups in total. The molecule has 0 saturated heterocycles. The number of unbranched alkanes of at least 4 members (excludes halogenated alkanes) is 2. The Bertz CT molecular complexity index is 1640. The maximum atomic E-state index is 14.2. The number of hydrogen-bond donors (Lipinski definition) is 0. The lowest BCUT2D eigenvalue weighted by Crippen LogP contribution is -2.54. The van der Waals surface area contributed by atoms with Gasteiger partial charge in [0.25, 0.3) is 0 Å². The van der Waals surface area contributed by atoms with Gasteiger partial charge in [-0.1, -0.05) is 91.0 Å². The van der Waals surface area contributed by atoms with Crippen LogP contribution in [0, 0.1) is 11.3 Å². The first-order valence-corrected chi connectivity index (χ1v) is 15.8. The van der Waals surface area contributed by atoms with E-state index in [1.54, 1.807) is 41.8 Å². The number of benzene rings is 3. The summed E-state index contributed by atoms with van der Waals surface area (Å²) in [6.07, 6.45) is 6.40. The fourth-order valence-corrected chi connectivity index (χ4v) is 5.79. The van der Waals surface area contributed by atoms with E-state index in [1.807, 2.05) is 64.0 Å². The molecule has 44 heavy (non-hydrogen) atoms. The predicted molar refractivity (Wildman–Crippen MR) is 182 cm³/mol. The molecular weight excluding hydrogens is 635 g/mol. The van der Waals surface area contributed by atoms with Crippen LogP contribution in [0.3, 0.4) is 0 Å². The van der Waals surface area contributed by atoms with E-state index in [9.17, 15) is 4.79 Å². The van der Waals surface area contributed by atoms with Crippen LogP contribution in [0.5, 0.6) is 0 Å². The van der Waals surface area contributed by atoms with Crippen molar-refractivity contribution in [3.05, 3.63) is 117 Å². The molecule has 11 heteroatoms. The van der Waals surface area contributed by atoms with Crippen LogP contribution in [0.25, 0.3) is 0 Å². The molecule has 0 atom stereocenters. The van der Waals surface area contributed by atoms with E-state index < -0.39 is 0 Å². The Kier molecular flexibility index (Phi) is 12.2. The Morgan fingerprint density at radius 3 is 2.43 bits per heavy atom. The van der Waals surface area contributed by atoms with E-state index in [4.69, 9.17) is 52.3 Å². The minimum Gasteiger partial charge on any atom is -0.330 e. The number of nitriles is 1. The van der Waals surface area contributed by atoms with E-state index in [0.29, 0.717) is 39.4 Å². The van der Waals surface area contributed by atoms with Gasteiger partial charge in [-0.15, -0.1) is 0 Å². The number of halogens is 3. The molecule has 4 aromatic rings. The zero-order valence-corrected chi connectivity index (χ0v) is 27.7. The predicted octanol–water partition coefficient (Wildman–Crippen LogP) is 8.16. The summed E-state index contributed by atoms with van der Waals surface area (Å²) in [5, 5.41) is 14.1. The topological polar surface area (TPSA) is 68.4 Å². The first kappa shape index (κ1) is 33.4. The fourth-order valence-electron chi connectivity index (χ4n) is 4.76. The van der Waals surface area contributed by atoms with Gasteiger partial charge in [0.1, 0.15) is 0 Å². The number of imidazole rings is 1. The molecule has 1 heterocycles. The molecule has 7 nitrogen and oxygen atoms in total. The maximum Gasteiger partial charge on any atom is 0.249 e. The highest BCUT2D eigenvalue weighted by atomic mass is 35.5. The number of thiocarbonyl (C=S) groups is 1. The second-order valence-electron chi connectivity index (χ2n) is 10.3. The molecule has 228 valence electrons. The summed E-state index contributed by atoms with van der Waals surface area (Å²) in [7, 11) is 1.87. The van der Waals surface area contributed by atoms with Crippen molar-refractivity contribution in [2.75, 3.05) is 18.5 Å². The zero-order chi connectivity index (χ0) is 31.6. The van der Waals surface area contributed by atoms with E-state index in [1.165, 1.54) is 0 Å². The summed E-state index contributed by atoms with van der Waals surface area (Å²) >= 11 is 25.8. The van der Waals surface area contributed by atoms with Gasteiger partial charge >= 0.3 is 0 Å². The second kappa shape index (κ2) is 16.0. The first-order valence-electron chi connectivity index (χ1n) is 14.2. The smallest absolute Gasteiger partial charge is 0.249 e. The van der Waals surface area contributed by atoms with E-state index in [-0.39, 0.29) is 24.0 Å². The van der Waals surface area contributed by atoms with Gasteiger partial charge in [-0.25, -0.2) is 15.0 Å². The molecule has 0 aliphatic rings. The standard InChI is InChI=1S/C33H33Cl3N6OS/c1-3-4-7-17-39(2)42(31(43)18-27-20-38-23-40(27)21-25-15-13-24(19-37)14-16-25)33(44)41(30-12-6-5-10-28(30)34)22-26-9-8-11-29(35)32(26)36/h5-6,8-16,20,23H,3-4,7,17-18,21-22H2,1-2H3. The van der Waals surface area contributed by atoms with E-state index in [2.05, 4.69) is 18.0 Å². The van der Waals surface area contributed by atoms with Crippen molar-refractivity contribution in [1.29, 1.82) is 5.26 Å². The number of hydrogen-bond acceptors (Lipinski definition) is 5. The summed E-state index contributed by atoms with van der Waals surface area (Å²) in [6, 6.07) is 22.3. The molecule has 4 rings (SSSR count). The molecule has 0 spiro atoms. The Balaban J connectivity index is 1.67. The van der Waals surface area contributed by atoms with Crippen molar-refractivity contribution in [2.45, 2.75) is 45.7 Å². The van der Waals surface area contributed by atoms with Gasteiger partial charge in [-0.05, 0) is 60.1 Å². The summed E-state index contributed by atoms with van der Waals surface area (Å²) in [5.41, 5.74) is 3.69. The number of nitrogens with zero attached hydrogens (tertiary/aromatic N) is 6. The highest BCUT2D eigenvalue weighted by Crippen LogP contribution is 2.32. The molecule has 0 unspecified atom stereocenters. The van der Waals surface area contributed by atoms with Crippen LogP contribution < -0.4 is 4.90 Å². The average Bonchev–Trinajstić information content (AvgIpc) is 3.44. The van der Waals surface area contributed by atoms with Crippen molar-refractivity contribution in [2.24, 2.45) is 0 Å². The SMILES string of the molecule is CCCCCN(C)N(C(=O)Cc1cncn1Cc1ccc(C#N)cc1)C(=S)N(Cc1cccc(Cl)c1Cl)c1ccccc1Cl. The highest BCUT2D eigenvalue weighted by molar-refractivity contribution is 7.80. The van der Waals surface area contributed by atoms with Gasteiger partial charge in [0.05, 0.1) is 51.7 Å². The molecular formula is C33H33Cl3N6OS. The van der Waals surface area contributed by atoms with Crippen LogP contribution in [-0.2, 0) is 24.3 Å². The van der Waals surface area contributed by atoms with Crippen molar-refractivity contribution in [3.63, 3.8) is 0 Å². The second-order valence-corrected chi connectivity index (χ2v) is 11.9. The quantitative estimate of drug-likeness (QED) is 0.0863. The van der Waals surface area contributed by atoms with Crippen LogP contribution in [0.2, 0.25) is 15.1 Å². The third-order valence-electron chi connectivity index (χ3n) is 7.15. The number of anilines is 1. The maximum absolute atomic E-state index is 14.2. The fraction of sp³-hybridized carbons (Fsp3) is 0.273. The molecule has 0 aliphatic heterocycles. The third-order valence-corrected chi connectivity index (χ3v) is 8.72. The number of carbonyl (C=O) groups excluding carboxylic acids is 1. The lowest BCUT2D eigenvalue weighted by molar-refractivity contribution is -0.137. The van der Waals surface area contributed by atoms with Gasteiger partial charge in [-0.3, -0.25) is 4.79 Å². The van der Waals surface area contributed by atoms with Crippen LogP contribution in [0.1, 0.15) is 48.6 Å². The van der Waals surface area contributed by atoms with Gasteiger partial charge in [-0.2, -0.15) is 5.26 Å². The number of carbonyl (C=O) groups is 1. The lowest BCUT2D eigenvalue weighted by atomic mass is 10.1. The summed E-state index contributed by atoms with van der Waals surface area (Å²) in [5.74, 6) is -0.218. The molecule has 0 bridgehead atoms. The van der Waals surface area contributed by atoms with Crippen molar-refractivity contribution in [1.82, 2.24) is 19.6 Å². The first-order chi connectivity index (χ1) is 21.2. The van der Waals surface area contributed by atoms with E-state index >= 15 is 0 Å². The van der Waals surface area contributed by atoms with Gasteiger partial charge < -0.3 is 9.47 Å². The summed E-state index contributed by atoms with van der Waals surface area (Å²) in [4.78, 5) is 20.4. The molecule has 1 aromatic heterocycles. The number of hydrazine groups is 1. The monoisotopic (exact) mass is 666 g/mol. The molecule has 3 aromatic carbocycles. The molecule has 0 radical (unpaired) electrons. The van der Waals surface area contributed by atoms with Gasteiger partial charge in [0.15, 0.2) is 5.11 Å². The normalized spacial score (nSPS) is 10.9. The Morgan fingerprint density at radius 2 is 1.73 bits per heavy atom. The summed E-state index contributed by atoms with van der Waals surface area (Å²) < 4.78 is 1.93. The van der Waals surface area contributed by atoms with Gasteiger partial charge in [0, 0.05) is 32.0 Å². The molecule has 0 fully saturated rings. The largest absolute Gasteiger partial charge is 0.330 e. The molecule has 0 saturated carbocycles. The number of amides is 1. The van der Waals surface area contributed by atoms with Crippen LogP contribution in [-0.4, -0.2) is 44.2 Å². The van der Waals surface area contributed by atoms with Crippen LogP contribution >= 0.6 is 47.0 Å². The molecule has 0 aliphatic carbocycles. The van der Waals surface area contributed by atoms with Crippen molar-refractivity contribution in [3.8, 4) is 6.07 Å². The Morgan fingerprint density at radius 1 is 1.00 bits per heavy atom. The zero-order valence-electron chi connectivity index (χ0n) is 24.6. The van der Waals surface area contributed by atoms with Crippen molar-refractivity contribution >= 4 is 63.7 Å². The van der Waals surface area contributed by atoms with Crippen LogP contribution in [0.4, 0.5) is 5.69 Å². The number of aromatic nitrogens is 2. The minimum absolute atomic E-state index is 0.0584. The van der Waals surface area contributed by atoms with E-state index in [0.717, 1.165) is 36.1 Å². The lowest BCUT2D eigenvalue weighted by Gasteiger charge is -2.38. The van der Waals surface area contributed by atoms with Gasteiger partial charge in [0.2, 0.25) is 5.91 Å². The number of rotatable bonds is 12. The van der Waals surface area contributed by atoms with Crippen LogP contribution in [0.15, 0.2) is 79.3 Å². The minimum atomic E-state index is -0.218. The van der Waals surface area contributed by atoms with Crippen molar-refractivity contribution < 1.29 is 4.79 Å². The average molecular weight is 668 g/mol.